The molecule has 1 fully saturated rings. The van der Waals surface area contributed by atoms with Gasteiger partial charge in [0.05, 0.1) is 0 Å². The molecule has 6 nitrogen and oxygen atoms in total. The van der Waals surface area contributed by atoms with Crippen LogP contribution in [0.2, 0.25) is 0 Å². The van der Waals surface area contributed by atoms with Crippen LogP contribution in [0.25, 0.3) is 0 Å². The number of nitrogens with zero attached hydrogens (tertiary/aromatic N) is 1. The van der Waals surface area contributed by atoms with Gasteiger partial charge in [-0.05, 0) is 54.0 Å². The van der Waals surface area contributed by atoms with Crippen molar-refractivity contribution in [3.63, 3.8) is 0 Å². The van der Waals surface area contributed by atoms with Crippen molar-refractivity contribution in [1.29, 1.82) is 0 Å². The third-order valence-electron chi connectivity index (χ3n) is 6.94. The van der Waals surface area contributed by atoms with Crippen LogP contribution < -0.4 is 5.32 Å². The van der Waals surface area contributed by atoms with Crippen LogP contribution in [0, 0.1) is 5.92 Å². The summed E-state index contributed by atoms with van der Waals surface area (Å²) >= 11 is 0. The summed E-state index contributed by atoms with van der Waals surface area (Å²) in [6, 6.07) is 16.6. The number of aromatic hydroxyl groups is 1. The first kappa shape index (κ1) is 24.0. The molecule has 3 rings (SSSR count). The molecule has 1 aliphatic heterocycles. The van der Waals surface area contributed by atoms with Crippen molar-refractivity contribution in [2.45, 2.75) is 50.6 Å². The average molecular weight is 439 g/mol. The Bertz CT molecular complexity index is 904. The van der Waals surface area contributed by atoms with Crippen molar-refractivity contribution < 1.29 is 19.8 Å². The molecule has 1 aliphatic rings. The number of carboxylic acid groups (broad SMARTS) is 1. The lowest BCUT2D eigenvalue weighted by atomic mass is 9.68. The number of hydrogen-bond acceptors (Lipinski definition) is 5. The van der Waals surface area contributed by atoms with Gasteiger partial charge in [-0.15, -0.1) is 0 Å². The van der Waals surface area contributed by atoms with Gasteiger partial charge in [0.15, 0.2) is 0 Å². The van der Waals surface area contributed by atoms with Crippen LogP contribution in [0.4, 0.5) is 0 Å². The van der Waals surface area contributed by atoms with Crippen molar-refractivity contribution in [3.8, 4) is 5.75 Å². The molecule has 4 atom stereocenters. The molecule has 172 valence electrons. The fourth-order valence-corrected chi connectivity index (χ4v) is 4.78. The summed E-state index contributed by atoms with van der Waals surface area (Å²) < 4.78 is 0. The van der Waals surface area contributed by atoms with E-state index in [1.165, 1.54) is 0 Å². The van der Waals surface area contributed by atoms with E-state index in [9.17, 15) is 19.8 Å². The molecule has 1 heterocycles. The number of piperidine rings is 1. The molecule has 0 amide bonds. The Balaban J connectivity index is 1.71. The van der Waals surface area contributed by atoms with E-state index in [2.05, 4.69) is 30.1 Å². The van der Waals surface area contributed by atoms with E-state index in [-0.39, 0.29) is 17.9 Å². The van der Waals surface area contributed by atoms with Gasteiger partial charge in [-0.3, -0.25) is 10.1 Å². The molecule has 32 heavy (non-hydrogen) atoms. The number of aldehydes is 1. The molecule has 2 aromatic rings. The minimum absolute atomic E-state index is 0.0291. The summed E-state index contributed by atoms with van der Waals surface area (Å²) in [6.07, 6.45) is 2.26. The fourth-order valence-electron chi connectivity index (χ4n) is 4.78. The maximum absolute atomic E-state index is 11.6. The Morgan fingerprint density at radius 2 is 2.00 bits per heavy atom. The smallest absolute Gasteiger partial charge is 0.321 e. The minimum Gasteiger partial charge on any atom is -0.508 e. The van der Waals surface area contributed by atoms with Crippen molar-refractivity contribution in [2.24, 2.45) is 5.92 Å². The number of carboxylic acids is 1. The van der Waals surface area contributed by atoms with Crippen LogP contribution >= 0.6 is 0 Å². The molecule has 6 heteroatoms. The van der Waals surface area contributed by atoms with Crippen LogP contribution in [-0.4, -0.2) is 59.1 Å². The largest absolute Gasteiger partial charge is 0.508 e. The second-order valence-corrected chi connectivity index (χ2v) is 9.22. The zero-order valence-electron chi connectivity index (χ0n) is 18.9. The lowest BCUT2D eigenvalue weighted by Gasteiger charge is -2.46. The molecular weight excluding hydrogens is 404 g/mol. The summed E-state index contributed by atoms with van der Waals surface area (Å²) in [5, 5.41) is 22.7. The quantitative estimate of drug-likeness (QED) is 0.494. The van der Waals surface area contributed by atoms with Gasteiger partial charge in [0.2, 0.25) is 0 Å². The van der Waals surface area contributed by atoms with Gasteiger partial charge in [0.25, 0.3) is 0 Å². The summed E-state index contributed by atoms with van der Waals surface area (Å²) in [6.45, 7) is 6.97. The van der Waals surface area contributed by atoms with Crippen LogP contribution in [0.3, 0.4) is 0 Å². The lowest BCUT2D eigenvalue weighted by Crippen LogP contribution is -2.54. The Hall–Kier alpha value is -2.70. The van der Waals surface area contributed by atoms with E-state index < -0.39 is 12.0 Å². The van der Waals surface area contributed by atoms with Crippen molar-refractivity contribution in [2.75, 3.05) is 19.6 Å². The van der Waals surface area contributed by atoms with Crippen molar-refractivity contribution in [1.82, 2.24) is 10.2 Å². The molecule has 1 saturated heterocycles. The number of carbonyl (C=O) groups excluding carboxylic acids is 1. The van der Waals surface area contributed by atoms with Crippen LogP contribution in [0.5, 0.6) is 5.75 Å². The number of phenolic OH excluding ortho intramolecular Hbond substituents is 1. The first-order chi connectivity index (χ1) is 15.3. The highest BCUT2D eigenvalue weighted by atomic mass is 16.4. The van der Waals surface area contributed by atoms with Crippen molar-refractivity contribution >= 4 is 12.3 Å². The zero-order chi connectivity index (χ0) is 23.1. The Morgan fingerprint density at radius 1 is 1.25 bits per heavy atom. The molecule has 0 saturated carbocycles. The van der Waals surface area contributed by atoms with Crippen molar-refractivity contribution in [3.05, 3.63) is 65.7 Å². The molecule has 0 aromatic heterocycles. The first-order valence-corrected chi connectivity index (χ1v) is 11.3. The average Bonchev–Trinajstić information content (AvgIpc) is 2.76. The van der Waals surface area contributed by atoms with E-state index in [4.69, 9.17) is 0 Å². The van der Waals surface area contributed by atoms with Crippen LogP contribution in [-0.2, 0) is 21.4 Å². The molecule has 2 aromatic carbocycles. The summed E-state index contributed by atoms with van der Waals surface area (Å²) in [4.78, 5) is 25.0. The third-order valence-corrected chi connectivity index (χ3v) is 6.94. The Kier molecular flexibility index (Phi) is 8.04. The van der Waals surface area contributed by atoms with Gasteiger partial charge in [0, 0.05) is 25.6 Å². The number of likely N-dealkylation sites (tertiary alicyclic amines) is 1. The minimum atomic E-state index is -1.00. The van der Waals surface area contributed by atoms with Gasteiger partial charge in [-0.25, -0.2) is 0 Å². The molecule has 0 spiro atoms. The summed E-state index contributed by atoms with van der Waals surface area (Å²) in [5.74, 6) is -0.348. The second kappa shape index (κ2) is 10.7. The van der Waals surface area contributed by atoms with Gasteiger partial charge in [-0.2, -0.15) is 0 Å². The predicted molar refractivity (Wildman–Crippen MR) is 125 cm³/mol. The van der Waals surface area contributed by atoms with E-state index >= 15 is 0 Å². The Labute approximate surface area is 190 Å². The van der Waals surface area contributed by atoms with E-state index in [1.807, 2.05) is 42.5 Å². The zero-order valence-corrected chi connectivity index (χ0v) is 18.9. The highest BCUT2D eigenvalue weighted by Crippen LogP contribution is 2.40. The van der Waals surface area contributed by atoms with Gasteiger partial charge < -0.3 is 19.9 Å². The standard InChI is InChI=1S/C26H34N2O4/c1-19-17-28(13-12-26(19,2)21-9-6-10-23(30)16-21)18-22(15-20-7-4-3-5-8-20)27-24(11-14-29)25(31)32/h3-10,14,16,19,22,24,27,30H,11-13,15,17-18H2,1-2H3,(H,31,32). The fraction of sp³-hybridized carbons (Fsp3) is 0.462. The third kappa shape index (κ3) is 5.96. The Morgan fingerprint density at radius 3 is 2.62 bits per heavy atom. The highest BCUT2D eigenvalue weighted by molar-refractivity contribution is 5.77. The van der Waals surface area contributed by atoms with E-state index in [0.29, 0.717) is 30.9 Å². The number of carbonyl (C=O) groups is 2. The maximum Gasteiger partial charge on any atom is 0.321 e. The second-order valence-electron chi connectivity index (χ2n) is 9.22. The van der Waals surface area contributed by atoms with Crippen LogP contribution in [0.1, 0.15) is 37.8 Å². The van der Waals surface area contributed by atoms with Crippen LogP contribution in [0.15, 0.2) is 54.6 Å². The van der Waals surface area contributed by atoms with E-state index in [1.54, 1.807) is 6.07 Å². The molecule has 0 bridgehead atoms. The monoisotopic (exact) mass is 438 g/mol. The maximum atomic E-state index is 11.6. The highest BCUT2D eigenvalue weighted by Gasteiger charge is 2.38. The van der Waals surface area contributed by atoms with E-state index in [0.717, 1.165) is 30.6 Å². The number of aliphatic carboxylic acids is 1. The normalized spacial score (nSPS) is 23.4. The topological polar surface area (TPSA) is 89.9 Å². The predicted octanol–water partition coefficient (Wildman–Crippen LogP) is 3.23. The van der Waals surface area contributed by atoms with Gasteiger partial charge in [-0.1, -0.05) is 56.3 Å². The molecular formula is C26H34N2O4. The number of benzene rings is 2. The molecule has 0 aliphatic carbocycles. The number of hydrogen-bond donors (Lipinski definition) is 3. The lowest BCUT2D eigenvalue weighted by molar-refractivity contribution is -0.140. The summed E-state index contributed by atoms with van der Waals surface area (Å²) in [5.41, 5.74) is 2.26. The SMILES string of the molecule is CC1CN(CC(Cc2ccccc2)NC(CC=O)C(=O)O)CCC1(C)c1cccc(O)c1. The number of phenols is 1. The van der Waals surface area contributed by atoms with Gasteiger partial charge >= 0.3 is 5.97 Å². The summed E-state index contributed by atoms with van der Waals surface area (Å²) in [7, 11) is 0. The first-order valence-electron chi connectivity index (χ1n) is 11.3. The molecule has 3 N–H and O–H groups in total. The number of nitrogens with one attached hydrogen (secondary N) is 1. The number of rotatable bonds is 10. The molecule has 4 unspecified atom stereocenters. The van der Waals surface area contributed by atoms with Gasteiger partial charge in [0.1, 0.15) is 18.1 Å². The molecule has 0 radical (unpaired) electrons.